The maximum absolute atomic E-state index is 13.2. The molecule has 15 heavy (non-hydrogen) atoms. The number of nitrogens with zero attached hydrogens (tertiary/aromatic N) is 2. The number of hydrogen-bond donors (Lipinski definition) is 0. The fourth-order valence-electron chi connectivity index (χ4n) is 1.51. The van der Waals surface area contributed by atoms with Crippen molar-refractivity contribution in [3.63, 3.8) is 0 Å². The van der Waals surface area contributed by atoms with Crippen LogP contribution in [0.25, 0.3) is 11.4 Å². The summed E-state index contributed by atoms with van der Waals surface area (Å²) in [7, 11) is 0. The Morgan fingerprint density at radius 2 is 2.20 bits per heavy atom. The molecule has 0 aliphatic heterocycles. The Morgan fingerprint density at radius 3 is 2.87 bits per heavy atom. The standard InChI is InChI=1S/C11H10BrFN2/c1-2-15-4-3-14-11(15)8-5-9(12)7-10(13)6-8/h3-7H,2H2,1H3. The smallest absolute Gasteiger partial charge is 0.140 e. The monoisotopic (exact) mass is 268 g/mol. The highest BCUT2D eigenvalue weighted by atomic mass is 79.9. The Balaban J connectivity index is 2.53. The number of hydrogen-bond acceptors (Lipinski definition) is 1. The normalized spacial score (nSPS) is 10.6. The molecule has 4 heteroatoms. The van der Waals surface area contributed by atoms with Gasteiger partial charge in [0.25, 0.3) is 0 Å². The number of imidazole rings is 1. The van der Waals surface area contributed by atoms with E-state index in [0.29, 0.717) is 0 Å². The van der Waals surface area contributed by atoms with Crippen LogP contribution in [0.3, 0.4) is 0 Å². The predicted molar refractivity (Wildman–Crippen MR) is 61.0 cm³/mol. The Kier molecular flexibility index (Phi) is 2.86. The van der Waals surface area contributed by atoms with Gasteiger partial charge in [-0.05, 0) is 25.1 Å². The molecule has 0 spiro atoms. The lowest BCUT2D eigenvalue weighted by molar-refractivity contribution is 0.627. The van der Waals surface area contributed by atoms with E-state index in [1.165, 1.54) is 12.1 Å². The van der Waals surface area contributed by atoms with E-state index in [2.05, 4.69) is 20.9 Å². The fraction of sp³-hybridized carbons (Fsp3) is 0.182. The molecule has 0 aliphatic carbocycles. The molecule has 2 aromatic rings. The first-order valence-corrected chi connectivity index (χ1v) is 5.47. The van der Waals surface area contributed by atoms with E-state index in [4.69, 9.17) is 0 Å². The highest BCUT2D eigenvalue weighted by Crippen LogP contribution is 2.23. The van der Waals surface area contributed by atoms with Crippen molar-refractivity contribution >= 4 is 15.9 Å². The van der Waals surface area contributed by atoms with E-state index in [1.54, 1.807) is 6.20 Å². The van der Waals surface area contributed by atoms with Crippen molar-refractivity contribution in [1.29, 1.82) is 0 Å². The maximum Gasteiger partial charge on any atom is 0.140 e. The van der Waals surface area contributed by atoms with E-state index in [-0.39, 0.29) is 5.82 Å². The van der Waals surface area contributed by atoms with Gasteiger partial charge in [0.05, 0.1) is 0 Å². The molecule has 0 saturated heterocycles. The first-order valence-electron chi connectivity index (χ1n) is 4.68. The molecule has 0 fully saturated rings. The molecule has 0 saturated carbocycles. The highest BCUT2D eigenvalue weighted by molar-refractivity contribution is 9.10. The zero-order valence-electron chi connectivity index (χ0n) is 8.24. The summed E-state index contributed by atoms with van der Waals surface area (Å²) in [6, 6.07) is 4.78. The largest absolute Gasteiger partial charge is 0.331 e. The lowest BCUT2D eigenvalue weighted by Gasteiger charge is -2.05. The molecular formula is C11H10BrFN2. The van der Waals surface area contributed by atoms with Crippen LogP contribution in [0, 0.1) is 5.82 Å². The van der Waals surface area contributed by atoms with Crippen molar-refractivity contribution in [2.75, 3.05) is 0 Å². The highest BCUT2D eigenvalue weighted by Gasteiger charge is 2.06. The first-order chi connectivity index (χ1) is 7.20. The molecule has 1 aromatic carbocycles. The number of halogens is 2. The molecule has 78 valence electrons. The van der Waals surface area contributed by atoms with Gasteiger partial charge in [-0.3, -0.25) is 0 Å². The van der Waals surface area contributed by atoms with E-state index in [0.717, 1.165) is 22.4 Å². The van der Waals surface area contributed by atoms with E-state index in [9.17, 15) is 4.39 Å². The number of benzene rings is 1. The third-order valence-electron chi connectivity index (χ3n) is 2.18. The van der Waals surface area contributed by atoms with Crippen LogP contribution in [0.5, 0.6) is 0 Å². The summed E-state index contributed by atoms with van der Waals surface area (Å²) < 4.78 is 15.9. The van der Waals surface area contributed by atoms with Crippen LogP contribution in [0.4, 0.5) is 4.39 Å². The summed E-state index contributed by atoms with van der Waals surface area (Å²) in [6.45, 7) is 2.85. The lowest BCUT2D eigenvalue weighted by atomic mass is 10.2. The van der Waals surface area contributed by atoms with Gasteiger partial charge in [-0.25, -0.2) is 9.37 Å². The average Bonchev–Trinajstić information content (AvgIpc) is 2.63. The van der Waals surface area contributed by atoms with Gasteiger partial charge < -0.3 is 4.57 Å². The van der Waals surface area contributed by atoms with Crippen molar-refractivity contribution < 1.29 is 4.39 Å². The zero-order valence-corrected chi connectivity index (χ0v) is 9.83. The molecule has 0 aliphatic rings. The molecule has 2 nitrogen and oxygen atoms in total. The maximum atomic E-state index is 13.2. The second-order valence-corrected chi connectivity index (χ2v) is 4.11. The molecule has 2 rings (SSSR count). The fourth-order valence-corrected chi connectivity index (χ4v) is 1.97. The van der Waals surface area contributed by atoms with Crippen LogP contribution in [0.2, 0.25) is 0 Å². The van der Waals surface area contributed by atoms with Crippen LogP contribution in [0.1, 0.15) is 6.92 Å². The van der Waals surface area contributed by atoms with E-state index < -0.39 is 0 Å². The van der Waals surface area contributed by atoms with E-state index in [1.807, 2.05) is 23.8 Å². The van der Waals surface area contributed by atoms with Crippen LogP contribution >= 0.6 is 15.9 Å². The van der Waals surface area contributed by atoms with Gasteiger partial charge in [-0.15, -0.1) is 0 Å². The molecule has 0 bridgehead atoms. The van der Waals surface area contributed by atoms with Crippen molar-refractivity contribution in [3.05, 3.63) is 40.9 Å². The number of rotatable bonds is 2. The second kappa shape index (κ2) is 4.14. The summed E-state index contributed by atoms with van der Waals surface area (Å²) >= 11 is 3.27. The Bertz CT molecular complexity index is 459. The Morgan fingerprint density at radius 1 is 1.40 bits per heavy atom. The van der Waals surface area contributed by atoms with Crippen LogP contribution < -0.4 is 0 Å². The molecule has 0 radical (unpaired) electrons. The minimum absolute atomic E-state index is 0.259. The van der Waals surface area contributed by atoms with Gasteiger partial charge >= 0.3 is 0 Å². The van der Waals surface area contributed by atoms with Crippen LogP contribution in [0.15, 0.2) is 35.1 Å². The number of aryl methyl sites for hydroxylation is 1. The van der Waals surface area contributed by atoms with Gasteiger partial charge in [0.2, 0.25) is 0 Å². The third kappa shape index (κ3) is 2.09. The predicted octanol–water partition coefficient (Wildman–Crippen LogP) is 3.47. The molecule has 0 N–H and O–H groups in total. The molecule has 1 heterocycles. The molecule has 0 unspecified atom stereocenters. The van der Waals surface area contributed by atoms with Crippen LogP contribution in [-0.2, 0) is 6.54 Å². The zero-order chi connectivity index (χ0) is 10.8. The van der Waals surface area contributed by atoms with Crippen molar-refractivity contribution in [1.82, 2.24) is 9.55 Å². The summed E-state index contributed by atoms with van der Waals surface area (Å²) in [5.41, 5.74) is 0.786. The van der Waals surface area contributed by atoms with Gasteiger partial charge in [0.1, 0.15) is 11.6 Å². The Labute approximate surface area is 95.9 Å². The van der Waals surface area contributed by atoms with Crippen molar-refractivity contribution in [3.8, 4) is 11.4 Å². The van der Waals surface area contributed by atoms with Gasteiger partial charge in [0, 0.05) is 29.0 Å². The number of aromatic nitrogens is 2. The SMILES string of the molecule is CCn1ccnc1-c1cc(F)cc(Br)c1. The molecule has 0 amide bonds. The summed E-state index contributed by atoms with van der Waals surface area (Å²) in [5, 5.41) is 0. The first kappa shape index (κ1) is 10.4. The summed E-state index contributed by atoms with van der Waals surface area (Å²) in [6.07, 6.45) is 3.60. The second-order valence-electron chi connectivity index (χ2n) is 3.19. The minimum Gasteiger partial charge on any atom is -0.331 e. The average molecular weight is 269 g/mol. The molecule has 0 atom stereocenters. The summed E-state index contributed by atoms with van der Waals surface area (Å²) in [5.74, 6) is 0.530. The minimum atomic E-state index is -0.259. The molecule has 1 aromatic heterocycles. The molecular weight excluding hydrogens is 259 g/mol. The quantitative estimate of drug-likeness (QED) is 0.816. The van der Waals surface area contributed by atoms with Crippen molar-refractivity contribution in [2.45, 2.75) is 13.5 Å². The topological polar surface area (TPSA) is 17.8 Å². The van der Waals surface area contributed by atoms with Gasteiger partial charge in [-0.1, -0.05) is 15.9 Å². The Hall–Kier alpha value is -1.16. The lowest BCUT2D eigenvalue weighted by Crippen LogP contribution is -1.96. The van der Waals surface area contributed by atoms with E-state index >= 15 is 0 Å². The van der Waals surface area contributed by atoms with Gasteiger partial charge in [-0.2, -0.15) is 0 Å². The van der Waals surface area contributed by atoms with Gasteiger partial charge in [0.15, 0.2) is 0 Å². The van der Waals surface area contributed by atoms with Crippen LogP contribution in [-0.4, -0.2) is 9.55 Å². The van der Waals surface area contributed by atoms with Crippen molar-refractivity contribution in [2.24, 2.45) is 0 Å². The summed E-state index contributed by atoms with van der Waals surface area (Å²) in [4.78, 5) is 4.21. The third-order valence-corrected chi connectivity index (χ3v) is 2.63.